The molecule has 6 N–H and O–H groups in total. The van der Waals surface area contributed by atoms with Crippen LogP contribution < -0.4 is 5.73 Å². The Bertz CT molecular complexity index is 14.4. The van der Waals surface area contributed by atoms with Crippen molar-refractivity contribution < 1.29 is 15.7 Å². The fourth-order valence-corrected chi connectivity index (χ4v) is 0. The summed E-state index contributed by atoms with van der Waals surface area (Å²) in [6.07, 6.45) is 0.250. The highest BCUT2D eigenvalue weighted by Crippen LogP contribution is 0.798. The van der Waals surface area contributed by atoms with Crippen molar-refractivity contribution in [2.45, 2.75) is 0 Å². The average molecular weight is 81.1 g/mol. The average Bonchev–Trinajstić information content (AvgIpc) is 0.918. The molecule has 0 atom stereocenters. The first-order valence-electron chi connectivity index (χ1n) is 0.569. The summed E-state index contributed by atoms with van der Waals surface area (Å²) in [6, 6.07) is 0. The van der Waals surface area contributed by atoms with E-state index in [0.29, 0.717) is 0 Å². The van der Waals surface area contributed by atoms with Crippen LogP contribution in [0.2, 0.25) is 0 Å². The zero-order valence-electron chi connectivity index (χ0n) is 2.56. The van der Waals surface area contributed by atoms with Gasteiger partial charge < -0.3 is 16.7 Å². The van der Waals surface area contributed by atoms with E-state index in [4.69, 9.17) is 4.79 Å². The standard InChI is InChI=1S/CH3NO.2H2O/c2-1-3;;/h1H,(H2,2,3);2*1H2. The van der Waals surface area contributed by atoms with Gasteiger partial charge in [-0.15, -0.1) is 0 Å². The Balaban J connectivity index is -0.0000000200. The first kappa shape index (κ1) is 26.1. The highest BCUT2D eigenvalue weighted by Gasteiger charge is 1.19. The van der Waals surface area contributed by atoms with E-state index in [9.17, 15) is 0 Å². The van der Waals surface area contributed by atoms with Gasteiger partial charge in [-0.1, -0.05) is 0 Å². The molecular formula is CH7NO3. The van der Waals surface area contributed by atoms with Gasteiger partial charge in [-0.3, -0.25) is 4.79 Å². The summed E-state index contributed by atoms with van der Waals surface area (Å²) in [6.45, 7) is 0. The number of rotatable bonds is 0. The second kappa shape index (κ2) is 127. The molecule has 0 rings (SSSR count). The van der Waals surface area contributed by atoms with E-state index >= 15 is 0 Å². The monoisotopic (exact) mass is 81.0 g/mol. The lowest BCUT2D eigenvalue weighted by Gasteiger charge is -1.32. The summed E-state index contributed by atoms with van der Waals surface area (Å²) >= 11 is 0. The Morgan fingerprint density at radius 2 is 1.40 bits per heavy atom. The zero-order valence-corrected chi connectivity index (χ0v) is 2.56. The fourth-order valence-electron chi connectivity index (χ4n) is 0. The maximum absolute atomic E-state index is 8.58. The van der Waals surface area contributed by atoms with Gasteiger partial charge in [-0.25, -0.2) is 0 Å². The maximum Gasteiger partial charge on any atom is 0.204 e. The highest BCUT2D eigenvalue weighted by atomic mass is 16.1. The minimum Gasteiger partial charge on any atom is -0.412 e. The van der Waals surface area contributed by atoms with Gasteiger partial charge in [0.05, 0.1) is 0 Å². The molecule has 0 aromatic heterocycles. The molecule has 0 aromatic rings. The highest BCUT2D eigenvalue weighted by molar-refractivity contribution is 5.42. The summed E-state index contributed by atoms with van der Waals surface area (Å²) in [5.74, 6) is 0. The molecule has 5 heavy (non-hydrogen) atoms. The Labute approximate surface area is 29.2 Å². The van der Waals surface area contributed by atoms with E-state index in [1.807, 2.05) is 0 Å². The van der Waals surface area contributed by atoms with E-state index in [-0.39, 0.29) is 17.4 Å². The minimum absolute atomic E-state index is 0. The normalized spacial score (nSPS) is 2.40. The van der Waals surface area contributed by atoms with E-state index in [2.05, 4.69) is 5.73 Å². The quantitative estimate of drug-likeness (QED) is 0.318. The smallest absolute Gasteiger partial charge is 0.204 e. The van der Waals surface area contributed by atoms with E-state index < -0.39 is 0 Å². The molecule has 0 radical (unpaired) electrons. The van der Waals surface area contributed by atoms with Crippen molar-refractivity contribution in [1.82, 2.24) is 0 Å². The van der Waals surface area contributed by atoms with Crippen LogP contribution >= 0.6 is 0 Å². The number of nitrogens with two attached hydrogens (primary N) is 1. The summed E-state index contributed by atoms with van der Waals surface area (Å²) < 4.78 is 0. The van der Waals surface area contributed by atoms with Gasteiger partial charge >= 0.3 is 0 Å². The predicted octanol–water partition coefficient (Wildman–Crippen LogP) is -2.55. The fraction of sp³-hybridized carbons (Fsp3) is 0. The van der Waals surface area contributed by atoms with E-state index in [1.165, 1.54) is 0 Å². The molecule has 34 valence electrons. The molecule has 0 saturated carbocycles. The molecule has 0 bridgehead atoms. The molecule has 0 aromatic carbocycles. The van der Waals surface area contributed by atoms with Gasteiger partial charge in [0.1, 0.15) is 0 Å². The lowest BCUT2D eigenvalue weighted by atomic mass is 11.5. The third kappa shape index (κ3) is 17.6. The van der Waals surface area contributed by atoms with Gasteiger partial charge in [-0.05, 0) is 0 Å². The minimum atomic E-state index is 0. The topological polar surface area (TPSA) is 106 Å². The lowest BCUT2D eigenvalue weighted by molar-refractivity contribution is -0.106. The van der Waals surface area contributed by atoms with Crippen molar-refractivity contribution >= 4 is 6.41 Å². The molecule has 4 nitrogen and oxygen atoms in total. The van der Waals surface area contributed by atoms with Gasteiger partial charge in [-0.2, -0.15) is 0 Å². The SMILES string of the molecule is NC=O.O.O. The van der Waals surface area contributed by atoms with Gasteiger partial charge in [0.15, 0.2) is 0 Å². The molecule has 0 aliphatic rings. The number of hydrogen-bond donors (Lipinski definition) is 1. The van der Waals surface area contributed by atoms with Crippen molar-refractivity contribution in [3.8, 4) is 0 Å². The van der Waals surface area contributed by atoms with Crippen LogP contribution in [0.5, 0.6) is 0 Å². The van der Waals surface area contributed by atoms with Crippen LogP contribution in [0.1, 0.15) is 0 Å². The molecular weight excluding hydrogens is 74.0 g/mol. The van der Waals surface area contributed by atoms with Crippen molar-refractivity contribution in [2.24, 2.45) is 5.73 Å². The largest absolute Gasteiger partial charge is 0.412 e. The molecule has 4 heteroatoms. The first-order valence-corrected chi connectivity index (χ1v) is 0.569. The van der Waals surface area contributed by atoms with Crippen LogP contribution in [-0.4, -0.2) is 17.4 Å². The van der Waals surface area contributed by atoms with Crippen LogP contribution in [0.4, 0.5) is 0 Å². The van der Waals surface area contributed by atoms with Crippen molar-refractivity contribution in [3.63, 3.8) is 0 Å². The third-order valence-corrected chi connectivity index (χ3v) is 0. The molecule has 0 spiro atoms. The van der Waals surface area contributed by atoms with Gasteiger partial charge in [0.2, 0.25) is 6.41 Å². The van der Waals surface area contributed by atoms with Gasteiger partial charge in [0.25, 0.3) is 0 Å². The predicted molar refractivity (Wildman–Crippen MR) is 17.5 cm³/mol. The first-order chi connectivity index (χ1) is 1.41. The van der Waals surface area contributed by atoms with Gasteiger partial charge in [0, 0.05) is 0 Å². The Morgan fingerprint density at radius 3 is 1.40 bits per heavy atom. The Hall–Kier alpha value is -0.610. The van der Waals surface area contributed by atoms with E-state index in [1.54, 1.807) is 0 Å². The summed E-state index contributed by atoms with van der Waals surface area (Å²) in [4.78, 5) is 8.58. The maximum atomic E-state index is 8.58. The molecule has 0 heterocycles. The number of carbonyl (C=O) groups is 1. The zero-order chi connectivity index (χ0) is 2.71. The number of primary amides is 1. The van der Waals surface area contributed by atoms with Crippen LogP contribution in [0.3, 0.4) is 0 Å². The molecule has 0 aliphatic carbocycles. The van der Waals surface area contributed by atoms with Crippen LogP contribution in [0.25, 0.3) is 0 Å². The van der Waals surface area contributed by atoms with Crippen LogP contribution in [0.15, 0.2) is 0 Å². The number of hydrogen-bond acceptors (Lipinski definition) is 1. The molecule has 1 amide bonds. The van der Waals surface area contributed by atoms with Crippen LogP contribution in [0, 0.1) is 0 Å². The summed E-state index contributed by atoms with van der Waals surface area (Å²) in [5.41, 5.74) is 4.17. The van der Waals surface area contributed by atoms with Crippen molar-refractivity contribution in [2.75, 3.05) is 0 Å². The van der Waals surface area contributed by atoms with Crippen molar-refractivity contribution in [3.05, 3.63) is 0 Å². The number of carbonyl (C=O) groups excluding carboxylic acids is 1. The van der Waals surface area contributed by atoms with Crippen LogP contribution in [-0.2, 0) is 4.79 Å². The Morgan fingerprint density at radius 1 is 1.40 bits per heavy atom. The van der Waals surface area contributed by atoms with E-state index in [0.717, 1.165) is 0 Å². The molecule has 0 unspecified atom stereocenters. The lowest BCUT2D eigenvalue weighted by Crippen LogP contribution is -1.82. The molecule has 0 saturated heterocycles. The molecule has 0 aliphatic heterocycles. The Kier molecular flexibility index (Phi) is 665. The third-order valence-electron chi connectivity index (χ3n) is 0. The second-order valence-electron chi connectivity index (χ2n) is 0.136. The summed E-state index contributed by atoms with van der Waals surface area (Å²) in [5, 5.41) is 0. The molecule has 0 fully saturated rings. The van der Waals surface area contributed by atoms with Crippen molar-refractivity contribution in [1.29, 1.82) is 0 Å². The summed E-state index contributed by atoms with van der Waals surface area (Å²) in [7, 11) is 0. The number of amides is 1. The second-order valence-corrected chi connectivity index (χ2v) is 0.136.